The van der Waals surface area contributed by atoms with Crippen LogP contribution >= 0.6 is 0 Å². The lowest BCUT2D eigenvalue weighted by Crippen LogP contribution is -2.34. The number of carbonyl (C=O) groups is 1. The Kier molecular flexibility index (Phi) is 5.50. The predicted molar refractivity (Wildman–Crippen MR) is 115 cm³/mol. The van der Waals surface area contributed by atoms with E-state index in [2.05, 4.69) is 10.4 Å². The van der Waals surface area contributed by atoms with E-state index in [0.717, 1.165) is 29.9 Å². The molecule has 1 aliphatic carbocycles. The fourth-order valence-corrected chi connectivity index (χ4v) is 3.89. The first kappa shape index (κ1) is 20.6. The van der Waals surface area contributed by atoms with Gasteiger partial charge in [-0.15, -0.1) is 0 Å². The van der Waals surface area contributed by atoms with Gasteiger partial charge in [0.25, 0.3) is 5.56 Å². The van der Waals surface area contributed by atoms with Crippen molar-refractivity contribution in [2.75, 3.05) is 19.5 Å². The third-order valence-electron chi connectivity index (χ3n) is 5.35. The van der Waals surface area contributed by atoms with E-state index in [4.69, 9.17) is 14.5 Å². The van der Waals surface area contributed by atoms with Crippen LogP contribution in [0, 0.1) is 13.8 Å². The molecule has 1 aromatic carbocycles. The van der Waals surface area contributed by atoms with Crippen LogP contribution in [-0.2, 0) is 24.2 Å². The maximum atomic E-state index is 13.2. The lowest BCUT2D eigenvalue weighted by Gasteiger charge is -2.16. The Morgan fingerprint density at radius 1 is 1.16 bits per heavy atom. The van der Waals surface area contributed by atoms with Gasteiger partial charge in [-0.2, -0.15) is 5.10 Å². The smallest absolute Gasteiger partial charge is 0.258 e. The van der Waals surface area contributed by atoms with Gasteiger partial charge in [0.15, 0.2) is 0 Å². The summed E-state index contributed by atoms with van der Waals surface area (Å²) >= 11 is 0. The van der Waals surface area contributed by atoms with Crippen LogP contribution in [0.4, 0.5) is 5.69 Å². The van der Waals surface area contributed by atoms with Crippen molar-refractivity contribution in [1.82, 2.24) is 19.3 Å². The van der Waals surface area contributed by atoms with Crippen LogP contribution in [0.15, 0.2) is 29.1 Å². The minimum atomic E-state index is -0.368. The van der Waals surface area contributed by atoms with E-state index < -0.39 is 0 Å². The Morgan fingerprint density at radius 2 is 1.97 bits per heavy atom. The van der Waals surface area contributed by atoms with Gasteiger partial charge in [0.1, 0.15) is 18.0 Å². The fraction of sp³-hybridized carbons (Fsp3) is 0.364. The fourth-order valence-electron chi connectivity index (χ4n) is 3.89. The molecule has 2 aromatic heterocycles. The lowest BCUT2D eigenvalue weighted by atomic mass is 10.2. The summed E-state index contributed by atoms with van der Waals surface area (Å²) in [7, 11) is 3.07. The molecule has 2 heterocycles. The first-order chi connectivity index (χ1) is 14.9. The van der Waals surface area contributed by atoms with Crippen LogP contribution in [0.3, 0.4) is 0 Å². The van der Waals surface area contributed by atoms with Crippen LogP contribution < -0.4 is 20.3 Å². The zero-order valence-electron chi connectivity index (χ0n) is 18.1. The number of methoxy groups -OCH3 is 2. The molecule has 162 valence electrons. The monoisotopic (exact) mass is 423 g/mol. The summed E-state index contributed by atoms with van der Waals surface area (Å²) in [6.45, 7) is 3.58. The number of aromatic nitrogens is 4. The zero-order valence-corrected chi connectivity index (χ0v) is 18.1. The minimum absolute atomic E-state index is 0.192. The Bertz CT molecular complexity index is 1210. The summed E-state index contributed by atoms with van der Waals surface area (Å²) < 4.78 is 13.6. The number of rotatable bonds is 6. The van der Waals surface area contributed by atoms with Crippen molar-refractivity contribution in [3.63, 3.8) is 0 Å². The number of hydrogen-bond donors (Lipinski definition) is 1. The van der Waals surface area contributed by atoms with E-state index in [1.807, 2.05) is 19.9 Å². The average Bonchev–Trinajstić information content (AvgIpc) is 3.36. The molecular formula is C22H25N5O4. The number of nitrogens with zero attached hydrogens (tertiary/aromatic N) is 4. The molecule has 0 fully saturated rings. The third-order valence-corrected chi connectivity index (χ3v) is 5.35. The summed E-state index contributed by atoms with van der Waals surface area (Å²) in [6, 6.07) is 7.01. The molecule has 0 bridgehead atoms. The second-order valence-electron chi connectivity index (χ2n) is 7.54. The lowest BCUT2D eigenvalue weighted by molar-refractivity contribution is -0.116. The number of benzene rings is 1. The molecule has 9 nitrogen and oxygen atoms in total. The maximum absolute atomic E-state index is 13.2. The van der Waals surface area contributed by atoms with Gasteiger partial charge >= 0.3 is 0 Å². The van der Waals surface area contributed by atoms with Gasteiger partial charge in [-0.25, -0.2) is 9.67 Å². The van der Waals surface area contributed by atoms with Gasteiger partial charge in [-0.05, 0) is 51.3 Å². The second-order valence-corrected chi connectivity index (χ2v) is 7.54. The van der Waals surface area contributed by atoms with Gasteiger partial charge in [-0.3, -0.25) is 14.2 Å². The summed E-state index contributed by atoms with van der Waals surface area (Å²) in [5, 5.41) is 7.29. The van der Waals surface area contributed by atoms with Crippen LogP contribution in [-0.4, -0.2) is 39.5 Å². The van der Waals surface area contributed by atoms with Gasteiger partial charge in [0.2, 0.25) is 11.9 Å². The summed E-state index contributed by atoms with van der Waals surface area (Å²) in [5.41, 5.74) is 3.42. The van der Waals surface area contributed by atoms with E-state index in [1.54, 1.807) is 30.0 Å². The molecule has 0 aliphatic heterocycles. The van der Waals surface area contributed by atoms with Crippen LogP contribution in [0.2, 0.25) is 0 Å². The Morgan fingerprint density at radius 3 is 2.65 bits per heavy atom. The molecule has 0 atom stereocenters. The van der Waals surface area contributed by atoms with Crippen molar-refractivity contribution in [2.45, 2.75) is 39.7 Å². The molecule has 9 heteroatoms. The van der Waals surface area contributed by atoms with Gasteiger partial charge in [0.05, 0.1) is 31.3 Å². The van der Waals surface area contributed by atoms with Crippen molar-refractivity contribution in [1.29, 1.82) is 0 Å². The highest BCUT2D eigenvalue weighted by Gasteiger charge is 2.24. The van der Waals surface area contributed by atoms with Crippen LogP contribution in [0.25, 0.3) is 5.95 Å². The Labute approximate surface area is 179 Å². The number of nitrogens with one attached hydrogen (secondary N) is 1. The molecule has 31 heavy (non-hydrogen) atoms. The number of hydrogen-bond acceptors (Lipinski definition) is 6. The van der Waals surface area contributed by atoms with E-state index in [0.29, 0.717) is 35.1 Å². The predicted octanol–water partition coefficient (Wildman–Crippen LogP) is 2.19. The molecule has 0 saturated heterocycles. The molecule has 0 saturated carbocycles. The van der Waals surface area contributed by atoms with E-state index in [1.165, 1.54) is 11.7 Å². The van der Waals surface area contributed by atoms with Crippen molar-refractivity contribution in [2.24, 2.45) is 0 Å². The summed E-state index contributed by atoms with van der Waals surface area (Å²) in [5.74, 6) is 1.06. The second kappa shape index (κ2) is 8.25. The van der Waals surface area contributed by atoms with Crippen molar-refractivity contribution < 1.29 is 14.3 Å². The van der Waals surface area contributed by atoms with E-state index >= 15 is 0 Å². The quantitative estimate of drug-likeness (QED) is 0.652. The molecule has 3 aromatic rings. The van der Waals surface area contributed by atoms with Crippen molar-refractivity contribution in [3.05, 3.63) is 57.3 Å². The largest absolute Gasteiger partial charge is 0.497 e. The molecule has 1 aliphatic rings. The van der Waals surface area contributed by atoms with Crippen LogP contribution in [0.1, 0.15) is 29.1 Å². The number of fused-ring (bicyclic) bond motifs is 1. The molecule has 4 rings (SSSR count). The van der Waals surface area contributed by atoms with Crippen molar-refractivity contribution >= 4 is 11.6 Å². The molecule has 1 amide bonds. The number of anilines is 1. The van der Waals surface area contributed by atoms with Gasteiger partial charge < -0.3 is 14.8 Å². The Hall–Kier alpha value is -3.62. The zero-order chi connectivity index (χ0) is 22.1. The Balaban J connectivity index is 1.71. The van der Waals surface area contributed by atoms with Gasteiger partial charge in [0, 0.05) is 17.3 Å². The molecule has 0 spiro atoms. The topological polar surface area (TPSA) is 100 Å². The van der Waals surface area contributed by atoms with E-state index in [-0.39, 0.29) is 18.0 Å². The maximum Gasteiger partial charge on any atom is 0.258 e. The normalized spacial score (nSPS) is 12.5. The number of carbonyl (C=O) groups excluding carboxylic acids is 1. The molecule has 1 N–H and O–H groups in total. The SMILES string of the molecule is COc1ccc(NC(=O)Cn2c(-n3nc(C)cc3C)nc3c(c2=O)CCC3)c(OC)c1. The highest BCUT2D eigenvalue weighted by atomic mass is 16.5. The first-order valence-electron chi connectivity index (χ1n) is 10.1. The summed E-state index contributed by atoms with van der Waals surface area (Å²) in [4.78, 5) is 30.9. The number of aryl methyl sites for hydroxylation is 3. The third kappa shape index (κ3) is 3.90. The highest BCUT2D eigenvalue weighted by Crippen LogP contribution is 2.29. The van der Waals surface area contributed by atoms with Gasteiger partial charge in [-0.1, -0.05) is 0 Å². The number of amides is 1. The standard InChI is InChI=1S/C22H25N5O4/c1-13-10-14(2)27(25-13)22-24-17-7-5-6-16(17)21(29)26(22)12-20(28)23-18-9-8-15(30-3)11-19(18)31-4/h8-11H,5-7,12H2,1-4H3,(H,23,28). The first-order valence-corrected chi connectivity index (χ1v) is 10.1. The number of ether oxygens (including phenoxy) is 2. The van der Waals surface area contributed by atoms with Crippen LogP contribution in [0.5, 0.6) is 11.5 Å². The highest BCUT2D eigenvalue weighted by molar-refractivity contribution is 5.92. The molecule has 0 radical (unpaired) electrons. The van der Waals surface area contributed by atoms with Crippen molar-refractivity contribution in [3.8, 4) is 17.4 Å². The summed E-state index contributed by atoms with van der Waals surface area (Å²) in [6.07, 6.45) is 2.31. The molecule has 0 unspecified atom stereocenters. The molecular weight excluding hydrogens is 398 g/mol. The minimum Gasteiger partial charge on any atom is -0.497 e. The van der Waals surface area contributed by atoms with E-state index in [9.17, 15) is 9.59 Å². The average molecular weight is 423 g/mol.